The zero-order chi connectivity index (χ0) is 17.0. The van der Waals surface area contributed by atoms with Crippen LogP contribution in [0.1, 0.15) is 10.5 Å². The number of benzene rings is 1. The van der Waals surface area contributed by atoms with Crippen LogP contribution >= 0.6 is 23.4 Å². The highest BCUT2D eigenvalue weighted by Crippen LogP contribution is 2.24. The van der Waals surface area contributed by atoms with Crippen LogP contribution in [-0.4, -0.2) is 28.5 Å². The van der Waals surface area contributed by atoms with Crippen LogP contribution in [0.3, 0.4) is 0 Å². The quantitative estimate of drug-likeness (QED) is 0.657. The largest absolute Gasteiger partial charge is 0.573 e. The molecule has 0 aliphatic heterocycles. The molecule has 0 bridgehead atoms. The monoisotopic (exact) mass is 363 g/mol. The first-order valence-corrected chi connectivity index (χ1v) is 7.62. The number of rotatable bonds is 4. The summed E-state index contributed by atoms with van der Waals surface area (Å²) in [5.41, 5.74) is 0.242. The molecule has 0 saturated carbocycles. The van der Waals surface area contributed by atoms with E-state index in [4.69, 9.17) is 11.6 Å². The SMILES string of the molecule is CSc1ncc(Cl)c(C(=O)Nc2ccc(OC(F)(F)F)cc2)n1. The zero-order valence-corrected chi connectivity index (χ0v) is 13.1. The predicted octanol–water partition coefficient (Wildman–Crippen LogP) is 4.00. The van der Waals surface area contributed by atoms with E-state index in [9.17, 15) is 18.0 Å². The van der Waals surface area contributed by atoms with Crippen molar-refractivity contribution in [2.75, 3.05) is 11.6 Å². The lowest BCUT2D eigenvalue weighted by molar-refractivity contribution is -0.274. The molecule has 0 radical (unpaired) electrons. The predicted molar refractivity (Wildman–Crippen MR) is 79.9 cm³/mol. The summed E-state index contributed by atoms with van der Waals surface area (Å²) in [4.78, 5) is 20.0. The van der Waals surface area contributed by atoms with Crippen LogP contribution in [0.25, 0.3) is 0 Å². The highest BCUT2D eigenvalue weighted by molar-refractivity contribution is 7.98. The summed E-state index contributed by atoms with van der Waals surface area (Å²) in [5.74, 6) is -0.988. The number of aromatic nitrogens is 2. The van der Waals surface area contributed by atoms with E-state index in [1.165, 1.54) is 30.1 Å². The van der Waals surface area contributed by atoms with Gasteiger partial charge in [-0.2, -0.15) is 0 Å². The van der Waals surface area contributed by atoms with Gasteiger partial charge in [-0.3, -0.25) is 4.79 Å². The molecule has 0 saturated heterocycles. The highest BCUT2D eigenvalue weighted by atomic mass is 35.5. The number of alkyl halides is 3. The molecule has 0 fully saturated rings. The van der Waals surface area contributed by atoms with Crippen LogP contribution in [0.4, 0.5) is 18.9 Å². The Hall–Kier alpha value is -2.00. The number of carbonyl (C=O) groups is 1. The Bertz CT molecular complexity index is 711. The number of hydrogen-bond acceptors (Lipinski definition) is 5. The van der Waals surface area contributed by atoms with Gasteiger partial charge in [-0.15, -0.1) is 13.2 Å². The third-order valence-corrected chi connectivity index (χ3v) is 3.30. The number of amides is 1. The number of ether oxygens (including phenoxy) is 1. The fourth-order valence-corrected chi connectivity index (χ4v) is 2.06. The summed E-state index contributed by atoms with van der Waals surface area (Å²) in [5, 5.41) is 2.92. The number of nitrogens with zero attached hydrogens (tertiary/aromatic N) is 2. The van der Waals surface area contributed by atoms with Crippen molar-refractivity contribution in [3.05, 3.63) is 41.2 Å². The van der Waals surface area contributed by atoms with E-state index in [0.717, 1.165) is 12.1 Å². The van der Waals surface area contributed by atoms with Gasteiger partial charge in [0.05, 0.1) is 11.2 Å². The van der Waals surface area contributed by atoms with Gasteiger partial charge in [-0.25, -0.2) is 9.97 Å². The molecule has 2 aromatic rings. The molecule has 1 N–H and O–H groups in total. The molecule has 10 heteroatoms. The molecule has 1 heterocycles. The number of carbonyl (C=O) groups excluding carboxylic acids is 1. The van der Waals surface area contributed by atoms with E-state index in [2.05, 4.69) is 20.0 Å². The number of hydrogen-bond donors (Lipinski definition) is 1. The van der Waals surface area contributed by atoms with Gasteiger partial charge in [0.15, 0.2) is 10.9 Å². The lowest BCUT2D eigenvalue weighted by Gasteiger charge is -2.10. The number of thioether (sulfide) groups is 1. The maximum Gasteiger partial charge on any atom is 0.573 e. The molecule has 0 aliphatic rings. The van der Waals surface area contributed by atoms with Gasteiger partial charge in [-0.05, 0) is 30.5 Å². The van der Waals surface area contributed by atoms with E-state index >= 15 is 0 Å². The molecule has 23 heavy (non-hydrogen) atoms. The molecule has 1 aromatic carbocycles. The first kappa shape index (κ1) is 17.4. The lowest BCUT2D eigenvalue weighted by Crippen LogP contribution is -2.17. The Morgan fingerprint density at radius 1 is 1.30 bits per heavy atom. The van der Waals surface area contributed by atoms with Gasteiger partial charge in [-0.1, -0.05) is 23.4 Å². The van der Waals surface area contributed by atoms with E-state index in [0.29, 0.717) is 5.16 Å². The van der Waals surface area contributed by atoms with E-state index in [1.807, 2.05) is 0 Å². The molecule has 0 atom stereocenters. The van der Waals surface area contributed by atoms with Crippen LogP contribution in [0.15, 0.2) is 35.6 Å². The van der Waals surface area contributed by atoms with Gasteiger partial charge in [0.1, 0.15) is 5.75 Å². The van der Waals surface area contributed by atoms with Crippen LogP contribution < -0.4 is 10.1 Å². The minimum atomic E-state index is -4.77. The van der Waals surface area contributed by atoms with Gasteiger partial charge < -0.3 is 10.1 Å². The highest BCUT2D eigenvalue weighted by Gasteiger charge is 2.31. The molecular weight excluding hydrogens is 355 g/mol. The van der Waals surface area contributed by atoms with Crippen molar-refractivity contribution < 1.29 is 22.7 Å². The lowest BCUT2D eigenvalue weighted by atomic mass is 10.3. The Balaban J connectivity index is 2.11. The van der Waals surface area contributed by atoms with Gasteiger partial charge in [0, 0.05) is 5.69 Å². The average Bonchev–Trinajstić information content (AvgIpc) is 2.48. The molecule has 0 unspecified atom stereocenters. The summed E-state index contributed by atoms with van der Waals surface area (Å²) in [7, 11) is 0. The van der Waals surface area contributed by atoms with Crippen molar-refractivity contribution in [1.29, 1.82) is 0 Å². The Labute approximate surface area is 138 Å². The number of nitrogens with one attached hydrogen (secondary N) is 1. The Morgan fingerprint density at radius 3 is 2.52 bits per heavy atom. The van der Waals surface area contributed by atoms with Crippen molar-refractivity contribution in [2.24, 2.45) is 0 Å². The fourth-order valence-electron chi connectivity index (χ4n) is 1.54. The summed E-state index contributed by atoms with van der Waals surface area (Å²) < 4.78 is 39.9. The van der Waals surface area contributed by atoms with Gasteiger partial charge >= 0.3 is 6.36 Å². The van der Waals surface area contributed by atoms with Crippen molar-refractivity contribution in [1.82, 2.24) is 9.97 Å². The van der Waals surface area contributed by atoms with Crippen molar-refractivity contribution in [3.8, 4) is 5.75 Å². The topological polar surface area (TPSA) is 64.1 Å². The Morgan fingerprint density at radius 2 is 1.96 bits per heavy atom. The minimum Gasteiger partial charge on any atom is -0.406 e. The molecule has 122 valence electrons. The molecule has 0 aliphatic carbocycles. The number of anilines is 1. The van der Waals surface area contributed by atoms with Crippen LogP contribution in [0.5, 0.6) is 5.75 Å². The van der Waals surface area contributed by atoms with Gasteiger partial charge in [0.25, 0.3) is 5.91 Å². The summed E-state index contributed by atoms with van der Waals surface area (Å²) in [6, 6.07) is 4.70. The molecule has 1 aromatic heterocycles. The van der Waals surface area contributed by atoms with Crippen LogP contribution in [-0.2, 0) is 0 Å². The van der Waals surface area contributed by atoms with Crippen molar-refractivity contribution in [2.45, 2.75) is 11.5 Å². The van der Waals surface area contributed by atoms with Crippen LogP contribution in [0.2, 0.25) is 5.02 Å². The van der Waals surface area contributed by atoms with Crippen LogP contribution in [0, 0.1) is 0 Å². The van der Waals surface area contributed by atoms with E-state index in [-0.39, 0.29) is 22.2 Å². The number of halogens is 4. The van der Waals surface area contributed by atoms with E-state index in [1.54, 1.807) is 6.26 Å². The second-order valence-corrected chi connectivity index (χ2v) is 5.26. The molecule has 5 nitrogen and oxygen atoms in total. The van der Waals surface area contributed by atoms with E-state index < -0.39 is 12.3 Å². The minimum absolute atomic E-state index is 0.0263. The average molecular weight is 364 g/mol. The first-order valence-electron chi connectivity index (χ1n) is 6.02. The Kier molecular flexibility index (Phi) is 5.32. The normalized spacial score (nSPS) is 11.2. The summed E-state index contributed by atoms with van der Waals surface area (Å²) in [6.07, 6.45) is -1.73. The van der Waals surface area contributed by atoms with Crippen molar-refractivity contribution >= 4 is 35.0 Å². The summed E-state index contributed by atoms with van der Waals surface area (Å²) >= 11 is 7.11. The maximum atomic E-state index is 12.1. The molecule has 0 spiro atoms. The molecular formula is C13H9ClF3N3O2S. The molecule has 1 amide bonds. The maximum absolute atomic E-state index is 12.1. The third kappa shape index (κ3) is 5.00. The van der Waals surface area contributed by atoms with Gasteiger partial charge in [0.2, 0.25) is 0 Å². The second-order valence-electron chi connectivity index (χ2n) is 4.08. The summed E-state index contributed by atoms with van der Waals surface area (Å²) in [6.45, 7) is 0. The fraction of sp³-hybridized carbons (Fsp3) is 0.154. The first-order chi connectivity index (χ1) is 10.8. The standard InChI is InChI=1S/C13H9ClF3N3O2S/c1-23-12-18-6-9(14)10(20-12)11(21)19-7-2-4-8(5-3-7)22-13(15,16)17/h2-6H,1H3,(H,19,21). The smallest absolute Gasteiger partial charge is 0.406 e. The molecule has 2 rings (SSSR count). The third-order valence-electron chi connectivity index (χ3n) is 2.47. The zero-order valence-electron chi connectivity index (χ0n) is 11.5. The second kappa shape index (κ2) is 7.05. The van der Waals surface area contributed by atoms with Crippen molar-refractivity contribution in [3.63, 3.8) is 0 Å².